The van der Waals surface area contributed by atoms with Gasteiger partial charge in [-0.2, -0.15) is 8.42 Å². The van der Waals surface area contributed by atoms with E-state index < -0.39 is 10.4 Å². The molecule has 0 radical (unpaired) electrons. The van der Waals surface area contributed by atoms with E-state index in [-0.39, 0.29) is 5.97 Å². The van der Waals surface area contributed by atoms with E-state index in [1.807, 2.05) is 0 Å². The molecule has 0 aliphatic carbocycles. The summed E-state index contributed by atoms with van der Waals surface area (Å²) in [6.07, 6.45) is 4.52. The van der Waals surface area contributed by atoms with Gasteiger partial charge in [0.25, 0.3) is 0 Å². The van der Waals surface area contributed by atoms with Crippen LogP contribution in [0.4, 0.5) is 0 Å². The molecule has 0 aromatic heterocycles. The molecule has 102 valence electrons. The second kappa shape index (κ2) is 10.2. The van der Waals surface area contributed by atoms with Crippen LogP contribution < -0.4 is 0 Å². The van der Waals surface area contributed by atoms with Crippen LogP contribution in [0.3, 0.4) is 0 Å². The first-order valence-electron chi connectivity index (χ1n) is 5.21. The number of hydrogen-bond acceptors (Lipinski definition) is 4. The lowest BCUT2D eigenvalue weighted by molar-refractivity contribution is -0.139. The van der Waals surface area contributed by atoms with Crippen molar-refractivity contribution in [3.63, 3.8) is 0 Å². The third-order valence-corrected chi connectivity index (χ3v) is 1.58. The van der Waals surface area contributed by atoms with E-state index >= 15 is 0 Å². The summed E-state index contributed by atoms with van der Waals surface area (Å²) in [5.41, 5.74) is 0.477. The zero-order valence-electron chi connectivity index (χ0n) is 10.2. The Bertz CT molecular complexity index is 312. The van der Waals surface area contributed by atoms with Crippen LogP contribution in [-0.4, -0.2) is 30.1 Å². The number of rotatable bonds is 6. The minimum atomic E-state index is -4.67. The van der Waals surface area contributed by atoms with Gasteiger partial charge in [-0.25, -0.2) is 4.79 Å². The molecule has 0 aromatic rings. The molecule has 0 heterocycles. The molecule has 0 fully saturated rings. The van der Waals surface area contributed by atoms with Gasteiger partial charge >= 0.3 is 16.4 Å². The second-order valence-corrected chi connectivity index (χ2v) is 4.32. The van der Waals surface area contributed by atoms with Gasteiger partial charge in [0.05, 0.1) is 6.61 Å². The van der Waals surface area contributed by atoms with E-state index in [4.69, 9.17) is 22.3 Å². The fraction of sp³-hybridized carbons (Fsp3) is 0.700. The third kappa shape index (κ3) is 25.4. The van der Waals surface area contributed by atoms with Crippen LogP contribution in [0.5, 0.6) is 0 Å². The Kier molecular flexibility index (Phi) is 11.1. The van der Waals surface area contributed by atoms with Crippen molar-refractivity contribution in [1.82, 2.24) is 0 Å². The minimum Gasteiger partial charge on any atom is -0.462 e. The molecule has 6 nitrogen and oxygen atoms in total. The number of unbranched alkanes of at least 4 members (excludes halogenated alkanes) is 3. The van der Waals surface area contributed by atoms with Crippen molar-refractivity contribution in [2.24, 2.45) is 0 Å². The number of carbonyl (C=O) groups excluding carboxylic acids is 1. The van der Waals surface area contributed by atoms with Crippen LogP contribution >= 0.6 is 0 Å². The van der Waals surface area contributed by atoms with Crippen molar-refractivity contribution in [2.75, 3.05) is 6.61 Å². The molecule has 7 heteroatoms. The molecule has 0 aliphatic heterocycles. The van der Waals surface area contributed by atoms with Gasteiger partial charge in [0.15, 0.2) is 0 Å². The normalized spacial score (nSPS) is 10.1. The molecule has 0 saturated heterocycles. The first kappa shape index (κ1) is 18.4. The van der Waals surface area contributed by atoms with Gasteiger partial charge in [0.2, 0.25) is 0 Å². The smallest absolute Gasteiger partial charge is 0.394 e. The van der Waals surface area contributed by atoms with Crippen LogP contribution in [0.25, 0.3) is 0 Å². The highest BCUT2D eigenvalue weighted by atomic mass is 32.3. The monoisotopic (exact) mass is 268 g/mol. The van der Waals surface area contributed by atoms with E-state index in [0.29, 0.717) is 12.2 Å². The fourth-order valence-corrected chi connectivity index (χ4v) is 0.817. The number of ether oxygens (including phenoxy) is 1. The summed E-state index contributed by atoms with van der Waals surface area (Å²) >= 11 is 0. The maximum absolute atomic E-state index is 10.9. The van der Waals surface area contributed by atoms with Crippen molar-refractivity contribution in [2.45, 2.75) is 39.5 Å². The fourth-order valence-electron chi connectivity index (χ4n) is 0.817. The summed E-state index contributed by atoms with van der Waals surface area (Å²) in [4.78, 5) is 10.9. The predicted octanol–water partition coefficient (Wildman–Crippen LogP) is 2.03. The molecule has 0 spiro atoms. The Balaban J connectivity index is 0. The van der Waals surface area contributed by atoms with Crippen LogP contribution in [0.15, 0.2) is 12.2 Å². The molecule has 0 aromatic carbocycles. The molecule has 17 heavy (non-hydrogen) atoms. The van der Waals surface area contributed by atoms with Gasteiger partial charge in [-0.15, -0.1) is 0 Å². The van der Waals surface area contributed by atoms with Crippen molar-refractivity contribution >= 4 is 16.4 Å². The number of esters is 1. The highest BCUT2D eigenvalue weighted by Crippen LogP contribution is 2.00. The van der Waals surface area contributed by atoms with Gasteiger partial charge < -0.3 is 4.74 Å². The van der Waals surface area contributed by atoms with Gasteiger partial charge in [-0.1, -0.05) is 32.8 Å². The zero-order valence-corrected chi connectivity index (χ0v) is 11.0. The zero-order chi connectivity index (χ0) is 13.9. The molecule has 0 atom stereocenters. The van der Waals surface area contributed by atoms with Crippen LogP contribution in [0.2, 0.25) is 0 Å². The Morgan fingerprint density at radius 2 is 1.71 bits per heavy atom. The molecular formula is C10H20O6S. The summed E-state index contributed by atoms with van der Waals surface area (Å²) in [6.45, 7) is 7.84. The Morgan fingerprint density at radius 1 is 1.24 bits per heavy atom. The van der Waals surface area contributed by atoms with Gasteiger partial charge in [0.1, 0.15) is 0 Å². The molecular weight excluding hydrogens is 248 g/mol. The summed E-state index contributed by atoms with van der Waals surface area (Å²) < 4.78 is 36.5. The lowest BCUT2D eigenvalue weighted by Crippen LogP contribution is -2.05. The molecule has 0 amide bonds. The van der Waals surface area contributed by atoms with Crippen molar-refractivity contribution in [3.8, 4) is 0 Å². The van der Waals surface area contributed by atoms with E-state index in [9.17, 15) is 4.79 Å². The number of hydrogen-bond donors (Lipinski definition) is 2. The topological polar surface area (TPSA) is 101 Å². The highest BCUT2D eigenvalue weighted by Gasteiger charge is 2.00. The van der Waals surface area contributed by atoms with E-state index in [2.05, 4.69) is 13.5 Å². The molecule has 2 N–H and O–H groups in total. The van der Waals surface area contributed by atoms with Gasteiger partial charge in [-0.05, 0) is 13.3 Å². The predicted molar refractivity (Wildman–Crippen MR) is 64.1 cm³/mol. The van der Waals surface area contributed by atoms with Crippen LogP contribution in [0, 0.1) is 0 Å². The van der Waals surface area contributed by atoms with E-state index in [0.717, 1.165) is 12.8 Å². The number of carbonyl (C=O) groups is 1. The Morgan fingerprint density at radius 3 is 2.06 bits per heavy atom. The summed E-state index contributed by atoms with van der Waals surface area (Å²) in [6, 6.07) is 0. The largest absolute Gasteiger partial charge is 0.462 e. The molecule has 0 rings (SSSR count). The van der Waals surface area contributed by atoms with Crippen molar-refractivity contribution in [1.29, 1.82) is 0 Å². The summed E-state index contributed by atoms with van der Waals surface area (Å²) in [5.74, 6) is -0.272. The average Bonchev–Trinajstić information content (AvgIpc) is 2.14. The Hall–Kier alpha value is -0.920. The molecule has 0 bridgehead atoms. The average molecular weight is 268 g/mol. The minimum absolute atomic E-state index is 0.272. The lowest BCUT2D eigenvalue weighted by Gasteiger charge is -2.02. The van der Waals surface area contributed by atoms with E-state index in [1.54, 1.807) is 6.92 Å². The van der Waals surface area contributed by atoms with Crippen molar-refractivity contribution in [3.05, 3.63) is 12.2 Å². The summed E-state index contributed by atoms with van der Waals surface area (Å²) in [7, 11) is -4.67. The quantitative estimate of drug-likeness (QED) is 0.331. The second-order valence-electron chi connectivity index (χ2n) is 3.42. The molecule has 0 unspecified atom stereocenters. The Labute approximate surface area is 102 Å². The van der Waals surface area contributed by atoms with Crippen LogP contribution in [-0.2, 0) is 19.9 Å². The first-order chi connectivity index (χ1) is 7.68. The first-order valence-corrected chi connectivity index (χ1v) is 6.60. The van der Waals surface area contributed by atoms with Gasteiger partial charge in [0, 0.05) is 5.57 Å². The highest BCUT2D eigenvalue weighted by molar-refractivity contribution is 7.79. The SMILES string of the molecule is C=C(C)C(=O)OCCCCCC.O=S(=O)(O)O. The van der Waals surface area contributed by atoms with Crippen LogP contribution in [0.1, 0.15) is 39.5 Å². The third-order valence-electron chi connectivity index (χ3n) is 1.58. The summed E-state index contributed by atoms with van der Waals surface area (Å²) in [5, 5.41) is 0. The maximum atomic E-state index is 10.9. The molecule has 0 aliphatic rings. The maximum Gasteiger partial charge on any atom is 0.394 e. The molecule has 0 saturated carbocycles. The lowest BCUT2D eigenvalue weighted by atomic mass is 10.2. The standard InChI is InChI=1S/C10H18O2.H2O4S/c1-4-5-6-7-8-12-10(11)9(2)3;1-5(2,3)4/h2,4-8H2,1,3H3;(H2,1,2,3,4). The van der Waals surface area contributed by atoms with Gasteiger partial charge in [-0.3, -0.25) is 9.11 Å². The van der Waals surface area contributed by atoms with E-state index in [1.165, 1.54) is 12.8 Å². The van der Waals surface area contributed by atoms with Crippen molar-refractivity contribution < 1.29 is 27.1 Å².